The molecule has 22 heavy (non-hydrogen) atoms. The molecule has 1 fully saturated rings. The van der Waals surface area contributed by atoms with Crippen LogP contribution >= 0.6 is 24.0 Å². The van der Waals surface area contributed by atoms with Crippen molar-refractivity contribution < 1.29 is 13.6 Å². The van der Waals surface area contributed by atoms with E-state index in [2.05, 4.69) is 0 Å². The van der Waals surface area contributed by atoms with Crippen LogP contribution in [-0.4, -0.2) is 21.7 Å². The molecule has 1 aromatic carbocycles. The molecule has 0 bridgehead atoms. The third kappa shape index (κ3) is 2.71. The largest absolute Gasteiger partial charge is 0.457 e. The Hall–Kier alpha value is -1.92. The summed E-state index contributed by atoms with van der Waals surface area (Å²) in [6.07, 6.45) is 1.71. The van der Waals surface area contributed by atoms with Gasteiger partial charge in [-0.1, -0.05) is 24.4 Å². The minimum Gasteiger partial charge on any atom is -0.457 e. The first-order valence-electron chi connectivity index (χ1n) is 6.70. The van der Waals surface area contributed by atoms with Gasteiger partial charge in [-0.3, -0.25) is 9.69 Å². The fourth-order valence-electron chi connectivity index (χ4n) is 2.14. The van der Waals surface area contributed by atoms with Gasteiger partial charge in [-0.2, -0.15) is 0 Å². The molecule has 1 aliphatic rings. The van der Waals surface area contributed by atoms with E-state index >= 15 is 0 Å². The predicted molar refractivity (Wildman–Crippen MR) is 90.0 cm³/mol. The third-order valence-electron chi connectivity index (χ3n) is 3.23. The number of likely N-dealkylation sites (N-methyl/N-ethyl adjacent to an activating group) is 1. The molecule has 1 amide bonds. The number of furan rings is 1. The van der Waals surface area contributed by atoms with Crippen LogP contribution in [0.4, 0.5) is 9.18 Å². The molecule has 3 nitrogen and oxygen atoms in total. The molecule has 1 aliphatic heterocycles. The molecule has 0 atom stereocenters. The molecule has 0 spiro atoms. The summed E-state index contributed by atoms with van der Waals surface area (Å²) in [5.74, 6) is 0.639. The van der Waals surface area contributed by atoms with Crippen LogP contribution in [0.2, 0.25) is 0 Å². The first-order chi connectivity index (χ1) is 10.6. The van der Waals surface area contributed by atoms with E-state index in [0.29, 0.717) is 33.5 Å². The van der Waals surface area contributed by atoms with Gasteiger partial charge in [0.15, 0.2) is 0 Å². The number of nitrogens with zero attached hydrogens (tertiary/aromatic N) is 1. The van der Waals surface area contributed by atoms with E-state index in [4.69, 9.17) is 16.6 Å². The first kappa shape index (κ1) is 15.0. The van der Waals surface area contributed by atoms with Crippen molar-refractivity contribution in [2.75, 3.05) is 6.54 Å². The summed E-state index contributed by atoms with van der Waals surface area (Å²) >= 11 is 6.35. The van der Waals surface area contributed by atoms with Gasteiger partial charge >= 0.3 is 0 Å². The van der Waals surface area contributed by atoms with Gasteiger partial charge in [-0.05, 0) is 49.0 Å². The van der Waals surface area contributed by atoms with Gasteiger partial charge in [-0.25, -0.2) is 4.39 Å². The highest BCUT2D eigenvalue weighted by Gasteiger charge is 2.30. The third-order valence-corrected chi connectivity index (χ3v) is 4.72. The number of rotatable bonds is 3. The van der Waals surface area contributed by atoms with Crippen molar-refractivity contribution in [2.45, 2.75) is 6.92 Å². The fourth-order valence-corrected chi connectivity index (χ4v) is 3.48. The summed E-state index contributed by atoms with van der Waals surface area (Å²) in [7, 11) is 0. The topological polar surface area (TPSA) is 33.5 Å². The van der Waals surface area contributed by atoms with Gasteiger partial charge in [0.2, 0.25) is 0 Å². The van der Waals surface area contributed by atoms with Crippen LogP contribution in [0, 0.1) is 5.82 Å². The van der Waals surface area contributed by atoms with E-state index in [0.717, 1.165) is 11.8 Å². The molecule has 2 aromatic rings. The Kier molecular flexibility index (Phi) is 4.13. The van der Waals surface area contributed by atoms with Crippen LogP contribution in [0.3, 0.4) is 0 Å². The molecule has 3 rings (SSSR count). The summed E-state index contributed by atoms with van der Waals surface area (Å²) in [6, 6.07) is 9.85. The van der Waals surface area contributed by atoms with E-state index < -0.39 is 0 Å². The number of carbonyl (C=O) groups is 1. The Morgan fingerprint density at radius 3 is 2.77 bits per heavy atom. The standard InChI is InChI=1S/C16H12FNO2S2/c1-2-18-15(21)14(22-16(18)19)9-10-7-8-13(20-10)11-5-3-4-6-12(11)17/h3-9H,2H2,1H3/b14-9-. The number of halogens is 1. The average Bonchev–Trinajstić information content (AvgIpc) is 3.05. The lowest BCUT2D eigenvalue weighted by Crippen LogP contribution is -2.26. The molecular formula is C16H12FNO2S2. The van der Waals surface area contributed by atoms with E-state index in [1.807, 2.05) is 6.92 Å². The quantitative estimate of drug-likeness (QED) is 0.588. The van der Waals surface area contributed by atoms with Crippen molar-refractivity contribution >= 4 is 40.3 Å². The summed E-state index contributed by atoms with van der Waals surface area (Å²) in [6.45, 7) is 2.41. The Morgan fingerprint density at radius 2 is 2.09 bits per heavy atom. The molecule has 1 aromatic heterocycles. The summed E-state index contributed by atoms with van der Waals surface area (Å²) in [5, 5.41) is -0.0837. The number of thiocarbonyl (C=S) groups is 1. The van der Waals surface area contributed by atoms with Gasteiger partial charge in [0.25, 0.3) is 5.24 Å². The summed E-state index contributed by atoms with van der Waals surface area (Å²) in [4.78, 5) is 14.5. The SMILES string of the molecule is CCN1C(=O)S/C(=C\c2ccc(-c3ccccc3F)o2)C1=S. The van der Waals surface area contributed by atoms with Gasteiger partial charge in [0.05, 0.1) is 10.5 Å². The van der Waals surface area contributed by atoms with Crippen LogP contribution in [0.1, 0.15) is 12.7 Å². The molecule has 0 unspecified atom stereocenters. The van der Waals surface area contributed by atoms with Crippen molar-refractivity contribution in [1.82, 2.24) is 4.90 Å². The first-order valence-corrected chi connectivity index (χ1v) is 7.92. The number of hydrogen-bond acceptors (Lipinski definition) is 4. The molecule has 0 N–H and O–H groups in total. The number of carbonyl (C=O) groups excluding carboxylic acids is 1. The smallest absolute Gasteiger partial charge is 0.291 e. The Balaban J connectivity index is 1.90. The number of hydrogen-bond donors (Lipinski definition) is 0. The molecular weight excluding hydrogens is 321 g/mol. The maximum atomic E-state index is 13.7. The molecule has 0 aliphatic carbocycles. The van der Waals surface area contributed by atoms with Gasteiger partial charge in [-0.15, -0.1) is 0 Å². The lowest BCUT2D eigenvalue weighted by molar-refractivity contribution is 0.247. The Morgan fingerprint density at radius 1 is 1.32 bits per heavy atom. The highest BCUT2D eigenvalue weighted by molar-refractivity contribution is 8.19. The van der Waals surface area contributed by atoms with Crippen LogP contribution in [0.5, 0.6) is 0 Å². The highest BCUT2D eigenvalue weighted by Crippen LogP contribution is 2.34. The van der Waals surface area contributed by atoms with E-state index in [1.165, 1.54) is 11.0 Å². The van der Waals surface area contributed by atoms with E-state index in [1.54, 1.807) is 36.4 Å². The minimum atomic E-state index is -0.339. The second-order valence-corrected chi connectivity index (χ2v) is 5.99. The maximum absolute atomic E-state index is 13.7. The number of thioether (sulfide) groups is 1. The van der Waals surface area contributed by atoms with E-state index in [9.17, 15) is 9.18 Å². The van der Waals surface area contributed by atoms with Crippen molar-refractivity contribution in [3.8, 4) is 11.3 Å². The Bertz CT molecular complexity index is 782. The number of benzene rings is 1. The van der Waals surface area contributed by atoms with Crippen molar-refractivity contribution in [1.29, 1.82) is 0 Å². The normalized spacial score (nSPS) is 16.8. The molecule has 2 heterocycles. The zero-order chi connectivity index (χ0) is 15.7. The minimum absolute atomic E-state index is 0.0837. The van der Waals surface area contributed by atoms with Crippen LogP contribution in [0.15, 0.2) is 45.7 Å². The number of amides is 1. The summed E-state index contributed by atoms with van der Waals surface area (Å²) in [5.41, 5.74) is 0.403. The van der Waals surface area contributed by atoms with Crippen LogP contribution in [0.25, 0.3) is 17.4 Å². The lowest BCUT2D eigenvalue weighted by atomic mass is 10.1. The van der Waals surface area contributed by atoms with Crippen LogP contribution in [-0.2, 0) is 0 Å². The van der Waals surface area contributed by atoms with Crippen molar-refractivity contribution in [3.05, 3.63) is 52.9 Å². The van der Waals surface area contributed by atoms with Gasteiger partial charge in [0.1, 0.15) is 22.3 Å². The fraction of sp³-hybridized carbons (Fsp3) is 0.125. The average molecular weight is 333 g/mol. The van der Waals surface area contributed by atoms with E-state index in [-0.39, 0.29) is 11.1 Å². The molecule has 0 saturated carbocycles. The Labute approximate surface area is 136 Å². The van der Waals surface area contributed by atoms with Crippen molar-refractivity contribution in [2.24, 2.45) is 0 Å². The summed E-state index contributed by atoms with van der Waals surface area (Å²) < 4.78 is 19.4. The molecule has 6 heteroatoms. The van der Waals surface area contributed by atoms with Crippen LogP contribution < -0.4 is 0 Å². The maximum Gasteiger partial charge on any atom is 0.291 e. The monoisotopic (exact) mass is 333 g/mol. The molecule has 112 valence electrons. The second kappa shape index (κ2) is 6.06. The second-order valence-electron chi connectivity index (χ2n) is 4.61. The van der Waals surface area contributed by atoms with Crippen molar-refractivity contribution in [3.63, 3.8) is 0 Å². The lowest BCUT2D eigenvalue weighted by Gasteiger charge is -2.09. The predicted octanol–water partition coefficient (Wildman–Crippen LogP) is 4.94. The molecule has 0 radical (unpaired) electrons. The molecule has 1 saturated heterocycles. The zero-order valence-corrected chi connectivity index (χ0v) is 13.3. The zero-order valence-electron chi connectivity index (χ0n) is 11.7. The van der Waals surface area contributed by atoms with Gasteiger partial charge < -0.3 is 4.42 Å². The highest BCUT2D eigenvalue weighted by atomic mass is 32.2. The van der Waals surface area contributed by atoms with Gasteiger partial charge in [0, 0.05) is 6.54 Å².